The maximum absolute atomic E-state index is 6.27. The first-order chi connectivity index (χ1) is 7.70. The third-order valence-electron chi connectivity index (χ3n) is 3.07. The molecule has 1 heterocycles. The molecule has 16 heavy (non-hydrogen) atoms. The Hall–Kier alpha value is -0.930. The minimum absolute atomic E-state index is 0.0769. The highest BCUT2D eigenvalue weighted by Crippen LogP contribution is 2.24. The zero-order valence-electron chi connectivity index (χ0n) is 10.4. The molecule has 1 rings (SSSR count). The summed E-state index contributed by atoms with van der Waals surface area (Å²) in [6.45, 7) is 5.07. The third-order valence-corrected chi connectivity index (χ3v) is 3.07. The van der Waals surface area contributed by atoms with Crippen LogP contribution in [0.5, 0.6) is 0 Å². The van der Waals surface area contributed by atoms with Crippen molar-refractivity contribution in [3.8, 4) is 0 Å². The first-order valence-corrected chi connectivity index (χ1v) is 5.88. The lowest BCUT2D eigenvalue weighted by atomic mass is 9.90. The zero-order chi connectivity index (χ0) is 12.0. The summed E-state index contributed by atoms with van der Waals surface area (Å²) >= 11 is 0. The molecule has 0 amide bonds. The van der Waals surface area contributed by atoms with Crippen molar-refractivity contribution < 1.29 is 4.74 Å². The van der Waals surface area contributed by atoms with E-state index in [0.717, 1.165) is 19.4 Å². The molecule has 3 nitrogen and oxygen atoms in total. The number of nitrogens with zero attached hydrogens (tertiary/aromatic N) is 1. The lowest BCUT2D eigenvalue weighted by Crippen LogP contribution is -2.21. The molecule has 0 aliphatic carbocycles. The van der Waals surface area contributed by atoms with Crippen molar-refractivity contribution in [2.75, 3.05) is 13.7 Å². The second-order valence-corrected chi connectivity index (χ2v) is 4.21. The number of aromatic nitrogens is 1. The number of nitrogens with two attached hydrogens (primary N) is 1. The van der Waals surface area contributed by atoms with Crippen LogP contribution in [0.4, 0.5) is 0 Å². The predicted octanol–water partition coefficient (Wildman–Crippen LogP) is 2.32. The number of rotatable bonds is 6. The summed E-state index contributed by atoms with van der Waals surface area (Å²) in [6, 6.07) is 2.11. The summed E-state index contributed by atoms with van der Waals surface area (Å²) in [5.41, 5.74) is 8.74. The van der Waals surface area contributed by atoms with Crippen molar-refractivity contribution in [1.82, 2.24) is 4.98 Å². The van der Waals surface area contributed by atoms with E-state index in [0.29, 0.717) is 5.92 Å². The fraction of sp³-hybridized carbons (Fsp3) is 0.615. The molecule has 0 radical (unpaired) electrons. The van der Waals surface area contributed by atoms with Gasteiger partial charge >= 0.3 is 0 Å². The number of aryl methyl sites for hydroxylation is 1. The molecule has 0 spiro atoms. The lowest BCUT2D eigenvalue weighted by Gasteiger charge is -2.22. The summed E-state index contributed by atoms with van der Waals surface area (Å²) in [6.07, 6.45) is 5.70. The summed E-state index contributed by atoms with van der Waals surface area (Å²) in [4.78, 5) is 4.14. The van der Waals surface area contributed by atoms with E-state index in [1.165, 1.54) is 11.1 Å². The maximum Gasteiger partial charge on any atom is 0.0465 e. The molecule has 0 bridgehead atoms. The topological polar surface area (TPSA) is 48.1 Å². The summed E-state index contributed by atoms with van der Waals surface area (Å²) in [5.74, 6) is 0.424. The van der Waals surface area contributed by atoms with Gasteiger partial charge in [0.15, 0.2) is 0 Å². The van der Waals surface area contributed by atoms with Crippen LogP contribution in [0.2, 0.25) is 0 Å². The number of hydrogen-bond donors (Lipinski definition) is 1. The molecule has 1 aromatic rings. The zero-order valence-corrected chi connectivity index (χ0v) is 10.4. The molecular weight excluding hydrogens is 200 g/mol. The Kier molecular flexibility index (Phi) is 5.43. The Morgan fingerprint density at radius 1 is 1.50 bits per heavy atom. The minimum Gasteiger partial charge on any atom is -0.385 e. The summed E-state index contributed by atoms with van der Waals surface area (Å²) in [7, 11) is 1.72. The van der Waals surface area contributed by atoms with Crippen LogP contribution in [-0.4, -0.2) is 18.7 Å². The molecule has 1 aromatic heterocycles. The van der Waals surface area contributed by atoms with Gasteiger partial charge in [0.25, 0.3) is 0 Å². The molecule has 2 unspecified atom stereocenters. The normalized spacial score (nSPS) is 14.8. The van der Waals surface area contributed by atoms with Crippen molar-refractivity contribution in [2.24, 2.45) is 11.7 Å². The van der Waals surface area contributed by atoms with E-state index < -0.39 is 0 Å². The Morgan fingerprint density at radius 2 is 2.25 bits per heavy atom. The van der Waals surface area contributed by atoms with Crippen molar-refractivity contribution >= 4 is 0 Å². The van der Waals surface area contributed by atoms with Gasteiger partial charge in [0, 0.05) is 32.2 Å². The van der Waals surface area contributed by atoms with Crippen molar-refractivity contribution in [3.63, 3.8) is 0 Å². The molecule has 0 saturated heterocycles. The fourth-order valence-electron chi connectivity index (χ4n) is 1.85. The van der Waals surface area contributed by atoms with E-state index in [2.05, 4.69) is 18.8 Å². The van der Waals surface area contributed by atoms with Gasteiger partial charge in [-0.15, -0.1) is 0 Å². The number of ether oxygens (including phenoxy) is 1. The molecule has 0 aliphatic rings. The van der Waals surface area contributed by atoms with Gasteiger partial charge in [-0.1, -0.05) is 13.8 Å². The van der Waals surface area contributed by atoms with Crippen molar-refractivity contribution in [3.05, 3.63) is 29.6 Å². The van der Waals surface area contributed by atoms with E-state index in [9.17, 15) is 0 Å². The van der Waals surface area contributed by atoms with Gasteiger partial charge in [-0.25, -0.2) is 0 Å². The highest BCUT2D eigenvalue weighted by atomic mass is 16.5. The third kappa shape index (κ3) is 3.29. The quantitative estimate of drug-likeness (QED) is 0.803. The molecular formula is C13H22N2O. The Bertz CT molecular complexity index is 315. The number of methoxy groups -OCH3 is 1. The molecule has 0 saturated carbocycles. The Balaban J connectivity index is 2.74. The lowest BCUT2D eigenvalue weighted by molar-refractivity contribution is 0.174. The van der Waals surface area contributed by atoms with Gasteiger partial charge in [-0.3, -0.25) is 4.98 Å². The second kappa shape index (κ2) is 6.61. The van der Waals surface area contributed by atoms with Crippen molar-refractivity contribution in [1.29, 1.82) is 0 Å². The van der Waals surface area contributed by atoms with E-state index in [1.54, 1.807) is 7.11 Å². The van der Waals surface area contributed by atoms with Crippen LogP contribution >= 0.6 is 0 Å². The van der Waals surface area contributed by atoms with Crippen LogP contribution in [0.15, 0.2) is 18.5 Å². The summed E-state index contributed by atoms with van der Waals surface area (Å²) < 4.78 is 5.09. The fourth-order valence-corrected chi connectivity index (χ4v) is 1.85. The number of hydrogen-bond acceptors (Lipinski definition) is 3. The molecule has 0 fully saturated rings. The van der Waals surface area contributed by atoms with E-state index in [1.807, 2.05) is 18.5 Å². The van der Waals surface area contributed by atoms with Gasteiger partial charge in [-0.2, -0.15) is 0 Å². The van der Waals surface area contributed by atoms with Crippen LogP contribution < -0.4 is 5.73 Å². The minimum atomic E-state index is 0.0769. The van der Waals surface area contributed by atoms with Gasteiger partial charge in [0.1, 0.15) is 0 Å². The SMILES string of the molecule is CCc1cnccc1C(N)C(C)CCOC. The molecule has 2 atom stereocenters. The molecule has 2 N–H and O–H groups in total. The standard InChI is InChI=1S/C13H22N2O/c1-4-11-9-15-7-5-12(11)13(14)10(2)6-8-16-3/h5,7,9-10,13H,4,6,8,14H2,1-3H3. The predicted molar refractivity (Wildman–Crippen MR) is 66.2 cm³/mol. The average molecular weight is 222 g/mol. The monoisotopic (exact) mass is 222 g/mol. The van der Waals surface area contributed by atoms with E-state index in [4.69, 9.17) is 10.5 Å². The van der Waals surface area contributed by atoms with Gasteiger partial charge in [0.2, 0.25) is 0 Å². The van der Waals surface area contributed by atoms with Gasteiger partial charge < -0.3 is 10.5 Å². The first kappa shape index (κ1) is 13.1. The van der Waals surface area contributed by atoms with Crippen LogP contribution in [-0.2, 0) is 11.2 Å². The van der Waals surface area contributed by atoms with Crippen LogP contribution in [0.3, 0.4) is 0 Å². The van der Waals surface area contributed by atoms with Crippen LogP contribution in [0, 0.1) is 5.92 Å². The molecule has 0 aromatic carbocycles. The highest BCUT2D eigenvalue weighted by Gasteiger charge is 2.16. The van der Waals surface area contributed by atoms with Crippen molar-refractivity contribution in [2.45, 2.75) is 32.7 Å². The first-order valence-electron chi connectivity index (χ1n) is 5.88. The Labute approximate surface area is 98.0 Å². The largest absolute Gasteiger partial charge is 0.385 e. The van der Waals surface area contributed by atoms with E-state index >= 15 is 0 Å². The van der Waals surface area contributed by atoms with E-state index in [-0.39, 0.29) is 6.04 Å². The average Bonchev–Trinajstić information content (AvgIpc) is 2.34. The Morgan fingerprint density at radius 3 is 2.88 bits per heavy atom. The van der Waals surface area contributed by atoms with Crippen LogP contribution in [0.1, 0.15) is 37.4 Å². The highest BCUT2D eigenvalue weighted by molar-refractivity contribution is 5.26. The maximum atomic E-state index is 6.27. The van der Waals surface area contributed by atoms with Gasteiger partial charge in [-0.05, 0) is 36.0 Å². The number of pyridine rings is 1. The molecule has 0 aliphatic heterocycles. The van der Waals surface area contributed by atoms with Crippen LogP contribution in [0.25, 0.3) is 0 Å². The second-order valence-electron chi connectivity index (χ2n) is 4.21. The molecule has 3 heteroatoms. The van der Waals surface area contributed by atoms with Gasteiger partial charge in [0.05, 0.1) is 0 Å². The molecule has 90 valence electrons. The smallest absolute Gasteiger partial charge is 0.0465 e. The summed E-state index contributed by atoms with van der Waals surface area (Å²) in [5, 5.41) is 0.